The van der Waals surface area contributed by atoms with Gasteiger partial charge in [0, 0.05) is 12.5 Å². The van der Waals surface area contributed by atoms with E-state index in [1.165, 1.54) is 6.20 Å². The molecule has 1 aromatic heterocycles. The number of nitrogens with zero attached hydrogens (tertiary/aromatic N) is 2. The van der Waals surface area contributed by atoms with Crippen LogP contribution in [0.25, 0.3) is 0 Å². The molecule has 19 heavy (non-hydrogen) atoms. The van der Waals surface area contributed by atoms with E-state index in [1.807, 2.05) is 20.8 Å². The molecular formula is C13H20ClN3O2. The first-order valence-corrected chi connectivity index (χ1v) is 6.82. The van der Waals surface area contributed by atoms with Gasteiger partial charge in [0.15, 0.2) is 0 Å². The van der Waals surface area contributed by atoms with Gasteiger partial charge in [0.05, 0.1) is 17.3 Å². The van der Waals surface area contributed by atoms with Gasteiger partial charge < -0.3 is 10.4 Å². The molecule has 0 saturated carbocycles. The third-order valence-corrected chi connectivity index (χ3v) is 2.89. The first-order valence-electron chi connectivity index (χ1n) is 6.44. The highest BCUT2D eigenvalue weighted by Crippen LogP contribution is 2.16. The summed E-state index contributed by atoms with van der Waals surface area (Å²) >= 11 is 5.92. The molecule has 2 N–H and O–H groups in total. The Morgan fingerprint density at radius 1 is 1.53 bits per heavy atom. The Labute approximate surface area is 118 Å². The van der Waals surface area contributed by atoms with Gasteiger partial charge in [-0.15, -0.1) is 0 Å². The fourth-order valence-corrected chi connectivity index (χ4v) is 1.72. The van der Waals surface area contributed by atoms with Crippen molar-refractivity contribution in [1.82, 2.24) is 15.3 Å². The molecule has 0 fully saturated rings. The molecule has 1 atom stereocenters. The fraction of sp³-hybridized carbons (Fsp3) is 0.615. The molecule has 0 bridgehead atoms. The highest BCUT2D eigenvalue weighted by Gasteiger charge is 2.16. The van der Waals surface area contributed by atoms with Crippen LogP contribution in [0, 0.1) is 0 Å². The average molecular weight is 286 g/mol. The van der Waals surface area contributed by atoms with E-state index in [9.17, 15) is 9.90 Å². The van der Waals surface area contributed by atoms with Crippen molar-refractivity contribution in [2.24, 2.45) is 0 Å². The van der Waals surface area contributed by atoms with Gasteiger partial charge in [-0.05, 0) is 6.42 Å². The van der Waals surface area contributed by atoms with E-state index < -0.39 is 6.10 Å². The van der Waals surface area contributed by atoms with E-state index in [0.29, 0.717) is 12.2 Å². The molecule has 1 heterocycles. The summed E-state index contributed by atoms with van der Waals surface area (Å²) in [5.41, 5.74) is 0.157. The zero-order chi connectivity index (χ0) is 14.4. The summed E-state index contributed by atoms with van der Waals surface area (Å²) in [6, 6.07) is 0. The molecule has 1 unspecified atom stereocenters. The summed E-state index contributed by atoms with van der Waals surface area (Å²) in [5, 5.41) is 12.4. The highest BCUT2D eigenvalue weighted by molar-refractivity contribution is 6.33. The maximum absolute atomic E-state index is 12.0. The van der Waals surface area contributed by atoms with Crippen LogP contribution in [0.15, 0.2) is 6.20 Å². The summed E-state index contributed by atoms with van der Waals surface area (Å²) in [4.78, 5) is 20.2. The van der Waals surface area contributed by atoms with E-state index in [4.69, 9.17) is 11.6 Å². The van der Waals surface area contributed by atoms with Crippen LogP contribution in [-0.4, -0.2) is 33.6 Å². The maximum Gasteiger partial charge on any atom is 0.271 e. The van der Waals surface area contributed by atoms with E-state index in [1.54, 1.807) is 0 Å². The van der Waals surface area contributed by atoms with E-state index >= 15 is 0 Å². The zero-order valence-corrected chi connectivity index (χ0v) is 12.2. The molecule has 6 heteroatoms. The zero-order valence-electron chi connectivity index (χ0n) is 11.5. The van der Waals surface area contributed by atoms with Crippen molar-refractivity contribution in [1.29, 1.82) is 0 Å². The summed E-state index contributed by atoms with van der Waals surface area (Å²) < 4.78 is 0. The molecule has 5 nitrogen and oxygen atoms in total. The van der Waals surface area contributed by atoms with Crippen LogP contribution in [0.2, 0.25) is 5.02 Å². The molecule has 106 valence electrons. The number of carbonyl (C=O) groups is 1. The molecule has 0 aliphatic rings. The second kappa shape index (κ2) is 7.40. The normalized spacial score (nSPS) is 12.5. The van der Waals surface area contributed by atoms with Gasteiger partial charge in [-0.1, -0.05) is 38.8 Å². The third kappa shape index (κ3) is 4.76. The Bertz CT molecular complexity index is 438. The number of aliphatic hydroxyl groups is 1. The Balaban J connectivity index is 2.73. The predicted octanol–water partition coefficient (Wildman–Crippen LogP) is 2.14. The van der Waals surface area contributed by atoms with Gasteiger partial charge in [0.25, 0.3) is 5.91 Å². The lowest BCUT2D eigenvalue weighted by atomic mass is 10.2. The van der Waals surface area contributed by atoms with Gasteiger partial charge >= 0.3 is 0 Å². The number of hydrogen-bond donors (Lipinski definition) is 2. The van der Waals surface area contributed by atoms with Gasteiger partial charge in [-0.3, -0.25) is 4.79 Å². The first kappa shape index (κ1) is 15.9. The molecule has 0 aromatic carbocycles. The van der Waals surface area contributed by atoms with Crippen LogP contribution in [0.1, 0.15) is 55.8 Å². The monoisotopic (exact) mass is 285 g/mol. The number of hydrogen-bond acceptors (Lipinski definition) is 4. The largest absolute Gasteiger partial charge is 0.391 e. The van der Waals surface area contributed by atoms with Crippen LogP contribution >= 0.6 is 11.6 Å². The van der Waals surface area contributed by atoms with Crippen molar-refractivity contribution in [2.45, 2.75) is 45.6 Å². The lowest BCUT2D eigenvalue weighted by Crippen LogP contribution is -2.33. The maximum atomic E-state index is 12.0. The van der Waals surface area contributed by atoms with Crippen molar-refractivity contribution >= 4 is 17.5 Å². The summed E-state index contributed by atoms with van der Waals surface area (Å²) in [7, 11) is 0. The number of amides is 1. The lowest BCUT2D eigenvalue weighted by Gasteiger charge is -2.12. The minimum Gasteiger partial charge on any atom is -0.391 e. The van der Waals surface area contributed by atoms with E-state index in [-0.39, 0.29) is 29.1 Å². The molecule has 1 rings (SSSR count). The lowest BCUT2D eigenvalue weighted by molar-refractivity contribution is 0.0905. The van der Waals surface area contributed by atoms with E-state index in [2.05, 4.69) is 15.3 Å². The van der Waals surface area contributed by atoms with Crippen LogP contribution in [0.4, 0.5) is 0 Å². The molecule has 0 saturated heterocycles. The number of carbonyl (C=O) groups excluding carboxylic acids is 1. The van der Waals surface area contributed by atoms with Crippen molar-refractivity contribution in [3.05, 3.63) is 22.7 Å². The van der Waals surface area contributed by atoms with Gasteiger partial charge in [-0.2, -0.15) is 0 Å². The van der Waals surface area contributed by atoms with Gasteiger partial charge in [-0.25, -0.2) is 9.97 Å². The summed E-state index contributed by atoms with van der Waals surface area (Å²) in [6.45, 7) is 6.05. The minimum absolute atomic E-state index is 0.120. The van der Waals surface area contributed by atoms with Crippen LogP contribution < -0.4 is 5.32 Å². The molecule has 0 aliphatic heterocycles. The second-order valence-corrected chi connectivity index (χ2v) is 5.14. The Morgan fingerprint density at radius 2 is 2.21 bits per heavy atom. The quantitative estimate of drug-likeness (QED) is 0.840. The van der Waals surface area contributed by atoms with Gasteiger partial charge in [0.1, 0.15) is 11.5 Å². The molecule has 0 spiro atoms. The number of rotatable bonds is 6. The molecule has 1 amide bonds. The highest BCUT2D eigenvalue weighted by atomic mass is 35.5. The standard InChI is InChI=1S/C13H20ClN3O2/c1-4-5-9(18)6-16-13(19)11-10(14)7-15-12(17-11)8(2)3/h7-9,18H,4-6H2,1-3H3,(H,16,19). The van der Waals surface area contributed by atoms with Crippen LogP contribution in [-0.2, 0) is 0 Å². The number of nitrogens with one attached hydrogen (secondary N) is 1. The van der Waals surface area contributed by atoms with Crippen molar-refractivity contribution in [2.75, 3.05) is 6.54 Å². The second-order valence-electron chi connectivity index (χ2n) is 4.73. The summed E-state index contributed by atoms with van der Waals surface area (Å²) in [5.74, 6) is 0.308. The Kier molecular flexibility index (Phi) is 6.18. The van der Waals surface area contributed by atoms with Gasteiger partial charge in [0.2, 0.25) is 0 Å². The van der Waals surface area contributed by atoms with Crippen molar-refractivity contribution in [3.63, 3.8) is 0 Å². The van der Waals surface area contributed by atoms with Crippen LogP contribution in [0.3, 0.4) is 0 Å². The number of halogens is 1. The Hall–Kier alpha value is -1.20. The van der Waals surface area contributed by atoms with Crippen molar-refractivity contribution in [3.8, 4) is 0 Å². The van der Waals surface area contributed by atoms with Crippen molar-refractivity contribution < 1.29 is 9.90 Å². The SMILES string of the molecule is CCCC(O)CNC(=O)c1nc(C(C)C)ncc1Cl. The first-order chi connectivity index (χ1) is 8.95. The van der Waals surface area contributed by atoms with E-state index in [0.717, 1.165) is 6.42 Å². The van der Waals surface area contributed by atoms with Crippen LogP contribution in [0.5, 0.6) is 0 Å². The number of aromatic nitrogens is 2. The Morgan fingerprint density at radius 3 is 2.79 bits per heavy atom. The topological polar surface area (TPSA) is 75.1 Å². The predicted molar refractivity (Wildman–Crippen MR) is 74.4 cm³/mol. The molecule has 0 radical (unpaired) electrons. The summed E-state index contributed by atoms with van der Waals surface area (Å²) in [6.07, 6.45) is 2.40. The molecular weight excluding hydrogens is 266 g/mol. The third-order valence-electron chi connectivity index (χ3n) is 2.61. The fourth-order valence-electron chi connectivity index (χ4n) is 1.55. The molecule has 0 aliphatic carbocycles. The number of aliphatic hydroxyl groups excluding tert-OH is 1. The smallest absolute Gasteiger partial charge is 0.271 e. The average Bonchev–Trinajstić information content (AvgIpc) is 2.36. The minimum atomic E-state index is -0.542. The molecule has 1 aromatic rings.